The summed E-state index contributed by atoms with van der Waals surface area (Å²) in [5, 5.41) is 3.02. The Morgan fingerprint density at radius 2 is 1.89 bits per heavy atom. The fourth-order valence-corrected chi connectivity index (χ4v) is 4.77. The third kappa shape index (κ3) is 4.85. The Labute approximate surface area is 162 Å². The quantitative estimate of drug-likeness (QED) is 0.782. The zero-order valence-electron chi connectivity index (χ0n) is 15.5. The fraction of sp³-hybridized carbons (Fsp3) is 0.500. The number of alkyl halides is 3. The number of sulfonamides is 1. The average Bonchev–Trinajstić information content (AvgIpc) is 3.06. The van der Waals surface area contributed by atoms with Crippen molar-refractivity contribution in [2.75, 3.05) is 18.4 Å². The highest BCUT2D eigenvalue weighted by Gasteiger charge is 2.29. The molecule has 0 atom stereocenters. The Morgan fingerprint density at radius 3 is 2.57 bits per heavy atom. The summed E-state index contributed by atoms with van der Waals surface area (Å²) in [6.45, 7) is 1.76. The van der Waals surface area contributed by atoms with Crippen LogP contribution in [0.25, 0.3) is 0 Å². The summed E-state index contributed by atoms with van der Waals surface area (Å²) in [6, 6.07) is 4.80. The van der Waals surface area contributed by atoms with E-state index < -0.39 is 22.7 Å². The number of hydrogen-bond acceptors (Lipinski definition) is 4. The van der Waals surface area contributed by atoms with Crippen molar-refractivity contribution in [2.45, 2.75) is 50.3 Å². The lowest BCUT2D eigenvalue weighted by atomic mass is 10.2. The van der Waals surface area contributed by atoms with E-state index in [1.165, 1.54) is 22.8 Å². The van der Waals surface area contributed by atoms with Crippen molar-refractivity contribution in [1.29, 1.82) is 0 Å². The minimum atomic E-state index is -4.34. The molecule has 3 rings (SSSR count). The molecule has 0 saturated carbocycles. The molecule has 1 aromatic carbocycles. The van der Waals surface area contributed by atoms with Gasteiger partial charge in [0.1, 0.15) is 12.4 Å². The predicted octanol–water partition coefficient (Wildman–Crippen LogP) is 3.54. The first-order valence-electron chi connectivity index (χ1n) is 9.08. The molecule has 0 bridgehead atoms. The standard InChI is InChI=1S/C18H23F3N4O2S/c1-14-5-6-15(28(26,27)25-8-3-2-4-9-25)11-16(14)23-12-17-22-7-10-24(17)13-18(19,20)21/h5-7,10-11,23H,2-4,8-9,12-13H2,1H3. The van der Waals surface area contributed by atoms with Gasteiger partial charge in [-0.05, 0) is 37.5 Å². The molecule has 0 radical (unpaired) electrons. The van der Waals surface area contributed by atoms with Crippen LogP contribution in [0, 0.1) is 6.92 Å². The van der Waals surface area contributed by atoms with Crippen LogP contribution >= 0.6 is 0 Å². The summed E-state index contributed by atoms with van der Waals surface area (Å²) in [6.07, 6.45) is 0.961. The van der Waals surface area contributed by atoms with Gasteiger partial charge in [-0.15, -0.1) is 0 Å². The summed E-state index contributed by atoms with van der Waals surface area (Å²) in [5.41, 5.74) is 1.35. The molecule has 2 aromatic rings. The van der Waals surface area contributed by atoms with Crippen molar-refractivity contribution in [3.05, 3.63) is 42.0 Å². The second-order valence-corrected chi connectivity index (χ2v) is 8.82. The van der Waals surface area contributed by atoms with Gasteiger partial charge in [-0.25, -0.2) is 13.4 Å². The van der Waals surface area contributed by atoms with E-state index in [9.17, 15) is 21.6 Å². The first-order chi connectivity index (χ1) is 13.2. The number of anilines is 1. The molecule has 0 unspecified atom stereocenters. The number of benzene rings is 1. The van der Waals surface area contributed by atoms with Crippen molar-refractivity contribution in [3.63, 3.8) is 0 Å². The Balaban J connectivity index is 1.77. The average molecular weight is 416 g/mol. The number of imidazole rings is 1. The van der Waals surface area contributed by atoms with Gasteiger partial charge in [0.15, 0.2) is 0 Å². The van der Waals surface area contributed by atoms with Gasteiger partial charge in [0.05, 0.1) is 11.4 Å². The van der Waals surface area contributed by atoms with E-state index in [0.717, 1.165) is 29.4 Å². The van der Waals surface area contributed by atoms with E-state index in [1.807, 2.05) is 6.92 Å². The van der Waals surface area contributed by atoms with Gasteiger partial charge in [-0.2, -0.15) is 17.5 Å². The molecule has 1 fully saturated rings. The van der Waals surface area contributed by atoms with Crippen molar-refractivity contribution in [1.82, 2.24) is 13.9 Å². The van der Waals surface area contributed by atoms with Gasteiger partial charge >= 0.3 is 6.18 Å². The molecule has 1 aliphatic heterocycles. The number of piperidine rings is 1. The minimum Gasteiger partial charge on any atom is -0.378 e. The van der Waals surface area contributed by atoms with Crippen LogP contribution in [0.4, 0.5) is 18.9 Å². The van der Waals surface area contributed by atoms with Gasteiger partial charge in [0.25, 0.3) is 0 Å². The van der Waals surface area contributed by atoms with Crippen LogP contribution < -0.4 is 5.32 Å². The van der Waals surface area contributed by atoms with E-state index in [0.29, 0.717) is 18.8 Å². The maximum Gasteiger partial charge on any atom is 0.406 e. The van der Waals surface area contributed by atoms with E-state index in [2.05, 4.69) is 10.3 Å². The second kappa shape index (κ2) is 8.12. The Hall–Kier alpha value is -2.07. The Morgan fingerprint density at radius 1 is 1.18 bits per heavy atom. The molecule has 1 aromatic heterocycles. The summed E-state index contributed by atoms with van der Waals surface area (Å²) in [5.74, 6) is 0.223. The number of nitrogens with one attached hydrogen (secondary N) is 1. The molecule has 0 aliphatic carbocycles. The van der Waals surface area contributed by atoms with Crippen molar-refractivity contribution in [2.24, 2.45) is 0 Å². The topological polar surface area (TPSA) is 67.2 Å². The van der Waals surface area contributed by atoms with Crippen LogP contribution in [0.15, 0.2) is 35.5 Å². The molecule has 0 amide bonds. The fourth-order valence-electron chi connectivity index (χ4n) is 3.22. The molecule has 1 saturated heterocycles. The molecule has 6 nitrogen and oxygen atoms in total. The highest BCUT2D eigenvalue weighted by molar-refractivity contribution is 7.89. The summed E-state index contributed by atoms with van der Waals surface area (Å²) in [4.78, 5) is 4.15. The van der Waals surface area contributed by atoms with Crippen LogP contribution in [-0.4, -0.2) is 41.5 Å². The molecular formula is C18H23F3N4O2S. The number of nitrogens with zero attached hydrogens (tertiary/aromatic N) is 3. The number of aryl methyl sites for hydroxylation is 1. The van der Waals surface area contributed by atoms with E-state index in [-0.39, 0.29) is 17.3 Å². The zero-order valence-corrected chi connectivity index (χ0v) is 16.4. The third-order valence-electron chi connectivity index (χ3n) is 4.75. The first-order valence-corrected chi connectivity index (χ1v) is 10.5. The van der Waals surface area contributed by atoms with E-state index >= 15 is 0 Å². The molecular weight excluding hydrogens is 393 g/mol. The number of aromatic nitrogens is 2. The summed E-state index contributed by atoms with van der Waals surface area (Å²) < 4.78 is 66.2. The first kappa shape index (κ1) is 20.7. The largest absolute Gasteiger partial charge is 0.406 e. The summed E-state index contributed by atoms with van der Waals surface area (Å²) in [7, 11) is -3.58. The SMILES string of the molecule is Cc1ccc(S(=O)(=O)N2CCCCC2)cc1NCc1nccn1CC(F)(F)F. The highest BCUT2D eigenvalue weighted by atomic mass is 32.2. The van der Waals surface area contributed by atoms with Gasteiger partial charge in [-0.3, -0.25) is 0 Å². The lowest BCUT2D eigenvalue weighted by molar-refractivity contribution is -0.141. The van der Waals surface area contributed by atoms with E-state index in [4.69, 9.17) is 0 Å². The lowest BCUT2D eigenvalue weighted by Gasteiger charge is -2.26. The van der Waals surface area contributed by atoms with Gasteiger partial charge in [-0.1, -0.05) is 12.5 Å². The number of rotatable bonds is 6. The van der Waals surface area contributed by atoms with Crippen LogP contribution in [0.2, 0.25) is 0 Å². The maximum absolute atomic E-state index is 12.9. The monoisotopic (exact) mass is 416 g/mol. The Bertz CT molecular complexity index is 919. The highest BCUT2D eigenvalue weighted by Crippen LogP contribution is 2.26. The van der Waals surface area contributed by atoms with Crippen molar-refractivity contribution in [3.8, 4) is 0 Å². The normalized spacial score (nSPS) is 16.3. The number of halogens is 3. The van der Waals surface area contributed by atoms with Gasteiger partial charge in [0.2, 0.25) is 10.0 Å². The van der Waals surface area contributed by atoms with E-state index in [1.54, 1.807) is 12.1 Å². The molecule has 28 heavy (non-hydrogen) atoms. The molecule has 1 N–H and O–H groups in total. The molecule has 1 aliphatic rings. The minimum absolute atomic E-state index is 0.0527. The molecule has 10 heteroatoms. The molecule has 2 heterocycles. The van der Waals surface area contributed by atoms with Crippen molar-refractivity contribution < 1.29 is 21.6 Å². The molecule has 0 spiro atoms. The second-order valence-electron chi connectivity index (χ2n) is 6.88. The number of hydrogen-bond donors (Lipinski definition) is 1. The summed E-state index contributed by atoms with van der Waals surface area (Å²) >= 11 is 0. The zero-order chi connectivity index (χ0) is 20.4. The smallest absolute Gasteiger partial charge is 0.378 e. The van der Waals surface area contributed by atoms with Crippen LogP contribution in [-0.2, 0) is 23.1 Å². The van der Waals surface area contributed by atoms with Gasteiger partial charge in [0, 0.05) is 31.2 Å². The third-order valence-corrected chi connectivity index (χ3v) is 6.64. The molecule has 154 valence electrons. The van der Waals surface area contributed by atoms with Gasteiger partial charge < -0.3 is 9.88 Å². The lowest BCUT2D eigenvalue weighted by Crippen LogP contribution is -2.35. The van der Waals surface area contributed by atoms with Crippen LogP contribution in [0.1, 0.15) is 30.7 Å². The van der Waals surface area contributed by atoms with Crippen LogP contribution in [0.3, 0.4) is 0 Å². The predicted molar refractivity (Wildman–Crippen MR) is 99.4 cm³/mol. The van der Waals surface area contributed by atoms with Crippen LogP contribution in [0.5, 0.6) is 0 Å². The maximum atomic E-state index is 12.9. The van der Waals surface area contributed by atoms with Crippen molar-refractivity contribution >= 4 is 15.7 Å². The Kier molecular flexibility index (Phi) is 5.99.